The molecule has 0 aromatic heterocycles. The molecular weight excluding hydrogens is 344 g/mol. The van der Waals surface area contributed by atoms with Gasteiger partial charge in [0.15, 0.2) is 18.1 Å². The monoisotopic (exact) mass is 368 g/mol. The fourth-order valence-corrected chi connectivity index (χ4v) is 2.29. The summed E-state index contributed by atoms with van der Waals surface area (Å²) in [5.41, 5.74) is 5.25. The molecule has 9 nitrogen and oxygen atoms in total. The summed E-state index contributed by atoms with van der Waals surface area (Å²) in [4.78, 5) is 36.0. The lowest BCUT2D eigenvalue weighted by Gasteiger charge is -2.23. The van der Waals surface area contributed by atoms with E-state index in [0.29, 0.717) is 0 Å². The Morgan fingerprint density at radius 3 is 2.08 bits per heavy atom. The van der Waals surface area contributed by atoms with Crippen molar-refractivity contribution in [3.05, 3.63) is 17.7 Å². The van der Waals surface area contributed by atoms with E-state index in [1.54, 1.807) is 0 Å². The summed E-state index contributed by atoms with van der Waals surface area (Å²) in [5, 5.41) is 9.05. The van der Waals surface area contributed by atoms with Crippen LogP contribution in [0.4, 0.5) is 0 Å². The van der Waals surface area contributed by atoms with E-state index in [1.165, 1.54) is 31.3 Å². The summed E-state index contributed by atoms with van der Waals surface area (Å²) in [6.45, 7) is 3.21. The van der Waals surface area contributed by atoms with Gasteiger partial charge >= 0.3 is 5.97 Å². The zero-order valence-electron chi connectivity index (χ0n) is 15.3. The molecule has 2 amide bonds. The third-order valence-corrected chi connectivity index (χ3v) is 3.27. The number of carbonyl (C=O) groups is 3. The number of amides is 2. The first-order chi connectivity index (χ1) is 12.2. The largest absolute Gasteiger partial charge is 0.493 e. The maximum absolute atomic E-state index is 12.8. The van der Waals surface area contributed by atoms with Gasteiger partial charge in [0.2, 0.25) is 5.75 Å². The number of rotatable bonds is 10. The van der Waals surface area contributed by atoms with Gasteiger partial charge in [0.05, 0.1) is 14.2 Å². The van der Waals surface area contributed by atoms with Crippen molar-refractivity contribution in [3.8, 4) is 17.2 Å². The number of ether oxygens (including phenoxy) is 3. The zero-order chi connectivity index (χ0) is 19.9. The van der Waals surface area contributed by atoms with Crippen LogP contribution in [0.1, 0.15) is 24.2 Å². The molecule has 0 saturated heterocycles. The molecule has 0 saturated carbocycles. The SMILES string of the molecule is COc1cc(C(=O)N(CC(=O)O)CC(C)C)cc(OC)c1OCC(N)=O. The van der Waals surface area contributed by atoms with Gasteiger partial charge < -0.3 is 30.0 Å². The Labute approximate surface area is 151 Å². The first-order valence-electron chi connectivity index (χ1n) is 7.87. The van der Waals surface area contributed by atoms with Gasteiger partial charge in [-0.25, -0.2) is 0 Å². The molecule has 26 heavy (non-hydrogen) atoms. The molecule has 0 aliphatic carbocycles. The van der Waals surface area contributed by atoms with Gasteiger partial charge in [-0.15, -0.1) is 0 Å². The van der Waals surface area contributed by atoms with Crippen LogP contribution in [0.5, 0.6) is 17.2 Å². The Morgan fingerprint density at radius 2 is 1.69 bits per heavy atom. The predicted molar refractivity (Wildman–Crippen MR) is 92.6 cm³/mol. The third-order valence-electron chi connectivity index (χ3n) is 3.27. The molecule has 1 aromatic carbocycles. The Hall–Kier alpha value is -2.97. The van der Waals surface area contributed by atoms with Crippen molar-refractivity contribution in [1.29, 1.82) is 0 Å². The Morgan fingerprint density at radius 1 is 1.15 bits per heavy atom. The number of nitrogens with two attached hydrogens (primary N) is 1. The zero-order valence-corrected chi connectivity index (χ0v) is 15.3. The molecule has 144 valence electrons. The molecule has 3 N–H and O–H groups in total. The highest BCUT2D eigenvalue weighted by Crippen LogP contribution is 2.38. The van der Waals surface area contributed by atoms with E-state index in [1.807, 2.05) is 13.8 Å². The average molecular weight is 368 g/mol. The highest BCUT2D eigenvalue weighted by molar-refractivity contribution is 5.97. The number of carbonyl (C=O) groups excluding carboxylic acids is 2. The molecule has 9 heteroatoms. The van der Waals surface area contributed by atoms with Crippen LogP contribution in [0, 0.1) is 5.92 Å². The predicted octanol–water partition coefficient (Wildman–Crippen LogP) is 0.751. The van der Waals surface area contributed by atoms with Crippen LogP contribution >= 0.6 is 0 Å². The number of carboxylic acid groups (broad SMARTS) is 1. The van der Waals surface area contributed by atoms with Crippen LogP contribution in [0.3, 0.4) is 0 Å². The van der Waals surface area contributed by atoms with Crippen molar-refractivity contribution in [2.45, 2.75) is 13.8 Å². The number of carboxylic acids is 1. The molecule has 0 aliphatic heterocycles. The number of nitrogens with zero attached hydrogens (tertiary/aromatic N) is 1. The van der Waals surface area contributed by atoms with E-state index in [-0.39, 0.29) is 35.3 Å². The lowest BCUT2D eigenvalue weighted by molar-refractivity contribution is -0.137. The molecule has 0 heterocycles. The molecule has 0 spiro atoms. The standard InChI is InChI=1S/C17H24N2O7/c1-10(2)7-19(8-15(21)22)17(23)11-5-12(24-3)16(13(6-11)25-4)26-9-14(18)20/h5-6,10H,7-9H2,1-4H3,(H2,18,20)(H,21,22). The van der Waals surface area contributed by atoms with E-state index in [0.717, 1.165) is 0 Å². The van der Waals surface area contributed by atoms with Gasteiger partial charge in [0.25, 0.3) is 11.8 Å². The normalized spacial score (nSPS) is 10.3. The van der Waals surface area contributed by atoms with Crippen LogP contribution in [-0.4, -0.2) is 61.7 Å². The van der Waals surface area contributed by atoms with Gasteiger partial charge in [0, 0.05) is 12.1 Å². The smallest absolute Gasteiger partial charge is 0.323 e. The molecular formula is C17H24N2O7. The fourth-order valence-electron chi connectivity index (χ4n) is 2.29. The van der Waals surface area contributed by atoms with E-state index in [4.69, 9.17) is 25.1 Å². The molecule has 0 unspecified atom stereocenters. The quantitative estimate of drug-likeness (QED) is 0.623. The van der Waals surface area contributed by atoms with Gasteiger partial charge in [-0.2, -0.15) is 0 Å². The maximum Gasteiger partial charge on any atom is 0.323 e. The van der Waals surface area contributed by atoms with Crippen molar-refractivity contribution in [2.24, 2.45) is 11.7 Å². The maximum atomic E-state index is 12.8. The van der Waals surface area contributed by atoms with E-state index >= 15 is 0 Å². The Kier molecular flexibility index (Phi) is 7.70. The minimum atomic E-state index is -1.11. The highest BCUT2D eigenvalue weighted by Gasteiger charge is 2.23. The number of hydrogen-bond donors (Lipinski definition) is 2. The van der Waals surface area contributed by atoms with Gasteiger partial charge in [0.1, 0.15) is 6.54 Å². The number of primary amides is 1. The van der Waals surface area contributed by atoms with Crippen molar-refractivity contribution < 1.29 is 33.7 Å². The lowest BCUT2D eigenvalue weighted by atomic mass is 10.1. The Balaban J connectivity index is 3.27. The van der Waals surface area contributed by atoms with Crippen molar-refractivity contribution in [2.75, 3.05) is 33.9 Å². The van der Waals surface area contributed by atoms with Crippen LogP contribution in [-0.2, 0) is 9.59 Å². The molecule has 0 fully saturated rings. The first-order valence-corrected chi connectivity index (χ1v) is 7.87. The summed E-state index contributed by atoms with van der Waals surface area (Å²) in [5.74, 6) is -1.75. The van der Waals surface area contributed by atoms with Crippen molar-refractivity contribution in [3.63, 3.8) is 0 Å². The van der Waals surface area contributed by atoms with Crippen LogP contribution < -0.4 is 19.9 Å². The third kappa shape index (κ3) is 5.83. The van der Waals surface area contributed by atoms with Gasteiger partial charge in [-0.05, 0) is 18.1 Å². The van der Waals surface area contributed by atoms with Crippen LogP contribution in [0.25, 0.3) is 0 Å². The van der Waals surface area contributed by atoms with Crippen molar-refractivity contribution >= 4 is 17.8 Å². The summed E-state index contributed by atoms with van der Waals surface area (Å²) in [7, 11) is 2.73. The molecule has 0 aliphatic rings. The second-order valence-electron chi connectivity index (χ2n) is 5.94. The molecule has 0 radical (unpaired) electrons. The van der Waals surface area contributed by atoms with Crippen molar-refractivity contribution in [1.82, 2.24) is 4.90 Å². The topological polar surface area (TPSA) is 128 Å². The molecule has 1 rings (SSSR count). The lowest BCUT2D eigenvalue weighted by Crippen LogP contribution is -2.38. The number of aliphatic carboxylic acids is 1. The summed E-state index contributed by atoms with van der Waals surface area (Å²) in [6, 6.07) is 2.80. The summed E-state index contributed by atoms with van der Waals surface area (Å²) >= 11 is 0. The van der Waals surface area contributed by atoms with E-state index < -0.39 is 30.9 Å². The molecule has 1 aromatic rings. The molecule has 0 atom stereocenters. The van der Waals surface area contributed by atoms with Gasteiger partial charge in [-0.1, -0.05) is 13.8 Å². The number of benzene rings is 1. The highest BCUT2D eigenvalue weighted by atomic mass is 16.5. The number of hydrogen-bond acceptors (Lipinski definition) is 6. The summed E-state index contributed by atoms with van der Waals surface area (Å²) in [6.07, 6.45) is 0. The van der Waals surface area contributed by atoms with Crippen LogP contribution in [0.15, 0.2) is 12.1 Å². The fraction of sp³-hybridized carbons (Fsp3) is 0.471. The average Bonchev–Trinajstić information content (AvgIpc) is 2.56. The Bertz CT molecular complexity index is 648. The summed E-state index contributed by atoms with van der Waals surface area (Å²) < 4.78 is 15.7. The van der Waals surface area contributed by atoms with E-state index in [9.17, 15) is 14.4 Å². The minimum absolute atomic E-state index is 0.0836. The van der Waals surface area contributed by atoms with Gasteiger partial charge in [-0.3, -0.25) is 14.4 Å². The van der Waals surface area contributed by atoms with E-state index in [2.05, 4.69) is 0 Å². The van der Waals surface area contributed by atoms with Crippen LogP contribution in [0.2, 0.25) is 0 Å². The number of methoxy groups -OCH3 is 2. The first kappa shape index (κ1) is 21.1. The minimum Gasteiger partial charge on any atom is -0.493 e. The second-order valence-corrected chi connectivity index (χ2v) is 5.94. The second kappa shape index (κ2) is 9.50. The molecule has 0 bridgehead atoms.